The van der Waals surface area contributed by atoms with Crippen molar-refractivity contribution >= 4 is 35.9 Å². The Morgan fingerprint density at radius 2 is 0.989 bits per heavy atom. The Labute approximate surface area is 550 Å². The summed E-state index contributed by atoms with van der Waals surface area (Å²) in [4.78, 5) is 59.9. The minimum absolute atomic E-state index is 0.00854. The zero-order valence-electron chi connectivity index (χ0n) is 54.6. The Balaban J connectivity index is 0.000000172. The summed E-state index contributed by atoms with van der Waals surface area (Å²) in [6, 6.07) is 22.1. The molecule has 4 bridgehead atoms. The van der Waals surface area contributed by atoms with E-state index in [1.165, 1.54) is 26.0 Å². The molecule has 0 saturated carbocycles. The number of hydrogen-bond donors (Lipinski definition) is 5. The molecule has 6 aromatic carbocycles. The summed E-state index contributed by atoms with van der Waals surface area (Å²) in [6.07, 6.45) is 7.31. The van der Waals surface area contributed by atoms with Crippen LogP contribution in [0.25, 0.3) is 12.2 Å². The standard InChI is InChI=1S/C37H38N4O7.C36H39N3O8/c1-19-13-23-14-25-27(16-38)41-26(32(40(25)4)30(23)33(44)34(19)45-5)15-24-31(37-36(46-18-47-37)20(2)35(24)48-21(3)42)28(41)17-39-29(43)12-11-22-9-7-6-8-10-22;1-18-13-22-14-25-36(43)39-24(30(38(25)4)28(22)31(42)32(18)44-5)15-23-29(35-34(45-17-46-35)19(2)33(23)47-20(3)40)26(39)16-37-27(41)12-11-21-9-7-6-8-10-21/h6-13,25-28,32,44H,14-15,17-18H2,1-5H3,(H,39,43);6-13,24-26,30,36,42-43H,14-17H2,1-5H3,(H,37,41)/b2*12-11+/t25-,26?,27-,28-,32-;24?,25-,26-,30-,36-/m00/s1. The summed E-state index contributed by atoms with van der Waals surface area (Å²) in [5.74, 6) is 2.22. The lowest BCUT2D eigenvalue weighted by Gasteiger charge is -2.60. The number of phenolic OH excluding ortho intramolecular Hbond substituents is 2. The first kappa shape index (κ1) is 64.1. The largest absolute Gasteiger partial charge is 0.504 e. The molecule has 0 aliphatic carbocycles. The number of carbonyl (C=O) groups is 4. The molecule has 2 fully saturated rings. The van der Waals surface area contributed by atoms with Gasteiger partial charge in [-0.25, -0.2) is 0 Å². The minimum atomic E-state index is -0.940. The third-order valence-corrected chi connectivity index (χ3v) is 20.2. The smallest absolute Gasteiger partial charge is 0.308 e. The van der Waals surface area contributed by atoms with Gasteiger partial charge in [-0.15, -0.1) is 0 Å². The number of piperazine rings is 2. The van der Waals surface area contributed by atoms with Crippen LogP contribution in [0.15, 0.2) is 84.9 Å². The van der Waals surface area contributed by atoms with Gasteiger partial charge in [-0.3, -0.25) is 38.8 Å². The van der Waals surface area contributed by atoms with Gasteiger partial charge < -0.3 is 63.8 Å². The van der Waals surface area contributed by atoms with Crippen molar-refractivity contribution in [2.45, 2.75) is 128 Å². The first-order chi connectivity index (χ1) is 45.7. The molecule has 494 valence electrons. The Kier molecular flexibility index (Phi) is 17.3. The van der Waals surface area contributed by atoms with Crippen molar-refractivity contribution in [3.63, 3.8) is 0 Å². The zero-order valence-corrected chi connectivity index (χ0v) is 54.6. The average molecular weight is 1290 g/mol. The highest BCUT2D eigenvalue weighted by Gasteiger charge is 2.59. The number of esters is 2. The normalized spacial score (nSPS) is 24.1. The number of phenols is 2. The fourth-order valence-corrected chi connectivity index (χ4v) is 16.4. The van der Waals surface area contributed by atoms with Crippen molar-refractivity contribution in [3.8, 4) is 63.6 Å². The van der Waals surface area contributed by atoms with Crippen LogP contribution in [0.3, 0.4) is 0 Å². The number of rotatable bonds is 12. The van der Waals surface area contributed by atoms with Crippen LogP contribution >= 0.6 is 0 Å². The van der Waals surface area contributed by atoms with Gasteiger partial charge in [0.2, 0.25) is 25.4 Å². The number of nitriles is 1. The highest BCUT2D eigenvalue weighted by atomic mass is 16.7. The molecule has 8 aliphatic rings. The number of nitrogens with one attached hydrogen (secondary N) is 2. The third-order valence-electron chi connectivity index (χ3n) is 20.2. The van der Waals surface area contributed by atoms with E-state index in [0.29, 0.717) is 88.4 Å². The molecule has 5 N–H and O–H groups in total. The van der Waals surface area contributed by atoms with Gasteiger partial charge in [0, 0.05) is 102 Å². The van der Waals surface area contributed by atoms with E-state index < -0.39 is 42.3 Å². The van der Waals surface area contributed by atoms with Crippen LogP contribution in [0.5, 0.6) is 57.5 Å². The fraction of sp³-hybridized carbons (Fsp3) is 0.384. The molecule has 22 heteroatoms. The van der Waals surface area contributed by atoms with Gasteiger partial charge in [0.05, 0.1) is 50.5 Å². The second kappa shape index (κ2) is 25.6. The van der Waals surface area contributed by atoms with Gasteiger partial charge in [-0.05, 0) is 113 Å². The van der Waals surface area contributed by atoms with Crippen molar-refractivity contribution in [2.24, 2.45) is 0 Å². The van der Waals surface area contributed by atoms with E-state index in [0.717, 1.165) is 61.2 Å². The lowest BCUT2D eigenvalue weighted by Crippen LogP contribution is -2.69. The molecule has 2 amide bonds. The van der Waals surface area contributed by atoms with Crippen molar-refractivity contribution in [3.05, 3.63) is 163 Å². The monoisotopic (exact) mass is 1290 g/mol. The molecule has 6 aromatic rings. The molecular weight excluding hydrogens is 1210 g/mol. The van der Waals surface area contributed by atoms with Crippen molar-refractivity contribution in [1.82, 2.24) is 30.2 Å². The fourth-order valence-electron chi connectivity index (χ4n) is 16.4. The first-order valence-electron chi connectivity index (χ1n) is 31.9. The number of methoxy groups -OCH3 is 2. The van der Waals surface area contributed by atoms with Gasteiger partial charge in [0.25, 0.3) is 0 Å². The topological polar surface area (TPSA) is 264 Å². The minimum Gasteiger partial charge on any atom is -0.504 e. The number of hydrogen-bond acceptors (Lipinski definition) is 20. The second-order valence-corrected chi connectivity index (χ2v) is 25.5. The number of ether oxygens (including phenoxy) is 8. The summed E-state index contributed by atoms with van der Waals surface area (Å²) in [5, 5.41) is 52.5. The number of carbonyl (C=O) groups excluding carboxylic acids is 4. The summed E-state index contributed by atoms with van der Waals surface area (Å²) < 4.78 is 47.0. The third kappa shape index (κ3) is 11.0. The molecule has 2 unspecified atom stereocenters. The van der Waals surface area contributed by atoms with Crippen LogP contribution in [0.2, 0.25) is 0 Å². The molecule has 10 atom stereocenters. The van der Waals surface area contributed by atoms with Crippen molar-refractivity contribution < 1.29 is 72.4 Å². The molecule has 2 saturated heterocycles. The predicted octanol–water partition coefficient (Wildman–Crippen LogP) is 7.97. The average Bonchev–Trinajstić information content (AvgIpc) is 1.13. The number of likely N-dealkylation sites (N-methyl/N-ethyl adjacent to an activating group) is 2. The molecular formula is C73H77N7O15. The Hall–Kier alpha value is -9.63. The predicted molar refractivity (Wildman–Crippen MR) is 349 cm³/mol. The number of amides is 2. The van der Waals surface area contributed by atoms with E-state index in [1.54, 1.807) is 26.4 Å². The van der Waals surface area contributed by atoms with Gasteiger partial charge in [0.15, 0.2) is 46.0 Å². The number of aliphatic hydroxyl groups is 1. The van der Waals surface area contributed by atoms with Crippen LogP contribution in [-0.2, 0) is 44.9 Å². The van der Waals surface area contributed by atoms with Crippen LogP contribution in [0.1, 0.15) is 116 Å². The molecule has 14 rings (SSSR count). The van der Waals surface area contributed by atoms with Gasteiger partial charge in [0.1, 0.15) is 23.8 Å². The van der Waals surface area contributed by atoms with Crippen molar-refractivity contribution in [1.29, 1.82) is 5.26 Å². The Morgan fingerprint density at radius 3 is 1.42 bits per heavy atom. The summed E-state index contributed by atoms with van der Waals surface area (Å²) in [6.45, 7) is 10.4. The van der Waals surface area contributed by atoms with E-state index in [9.17, 15) is 39.8 Å². The Morgan fingerprint density at radius 1 is 0.579 bits per heavy atom. The summed E-state index contributed by atoms with van der Waals surface area (Å²) in [5.41, 5.74) is 11.1. The number of aromatic hydroxyl groups is 2. The van der Waals surface area contributed by atoms with Crippen molar-refractivity contribution in [2.75, 3.05) is 55.0 Å². The number of aryl methyl sites for hydroxylation is 2. The number of benzene rings is 6. The quantitative estimate of drug-likeness (QED) is 0.0442. The molecule has 0 spiro atoms. The van der Waals surface area contributed by atoms with E-state index in [2.05, 4.69) is 31.4 Å². The highest BCUT2D eigenvalue weighted by Crippen LogP contribution is 2.61. The maximum Gasteiger partial charge on any atom is 0.308 e. The maximum atomic E-state index is 13.3. The summed E-state index contributed by atoms with van der Waals surface area (Å²) >= 11 is 0. The lowest BCUT2D eigenvalue weighted by molar-refractivity contribution is -0.172. The van der Waals surface area contributed by atoms with Gasteiger partial charge in [-0.1, -0.05) is 72.8 Å². The lowest BCUT2D eigenvalue weighted by atomic mass is 9.71. The highest BCUT2D eigenvalue weighted by molar-refractivity contribution is 5.92. The zero-order chi connectivity index (χ0) is 67.0. The van der Waals surface area contributed by atoms with Crippen LogP contribution in [0.4, 0.5) is 0 Å². The molecule has 8 aliphatic heterocycles. The van der Waals surface area contributed by atoms with Crippen LogP contribution in [0, 0.1) is 39.0 Å². The second-order valence-electron chi connectivity index (χ2n) is 25.5. The number of aliphatic hydroxyl groups excluding tert-OH is 1. The Bertz CT molecular complexity index is 4210. The summed E-state index contributed by atoms with van der Waals surface area (Å²) in [7, 11) is 7.04. The van der Waals surface area contributed by atoms with Gasteiger partial charge in [-0.2, -0.15) is 5.26 Å². The van der Waals surface area contributed by atoms with Crippen LogP contribution in [-0.4, -0.2) is 150 Å². The maximum absolute atomic E-state index is 13.3. The van der Waals surface area contributed by atoms with Crippen LogP contribution < -0.4 is 48.5 Å². The molecule has 22 nitrogen and oxygen atoms in total. The SMILES string of the molecule is COc1c(C)cc2c(c1O)[C@@H]1C3Cc4c(OC(C)=O)c(C)c5c(c4[C@H](CNC(=O)/C=C/c4ccccc4)N3[C@@H](C#N)[C@H](C2)N1C)OCO5.COc1c(C)cc2c(c1O)[C@@H]1C3Cc4c(OC(C)=O)c(C)c5c(c4[C@H](CNC(=O)/C=C/c4ccccc4)N3[C@@H](O)[C@H](C2)N1C)OCO5. The molecule has 95 heavy (non-hydrogen) atoms. The number of fused-ring (bicyclic) bond motifs is 18. The number of nitrogens with zero attached hydrogens (tertiary/aromatic N) is 5. The molecule has 0 aromatic heterocycles. The molecule has 8 heterocycles. The van der Waals surface area contributed by atoms with E-state index in [1.807, 2.05) is 119 Å². The first-order valence-corrected chi connectivity index (χ1v) is 31.9. The van der Waals surface area contributed by atoms with E-state index >= 15 is 0 Å². The molecule has 0 radical (unpaired) electrons. The van der Waals surface area contributed by atoms with Gasteiger partial charge >= 0.3 is 11.9 Å². The van der Waals surface area contributed by atoms with E-state index in [-0.39, 0.29) is 80.2 Å². The van der Waals surface area contributed by atoms with E-state index in [4.69, 9.17) is 37.9 Å².